The second-order valence-corrected chi connectivity index (χ2v) is 4.17. The zero-order valence-corrected chi connectivity index (χ0v) is 10.6. The molecule has 0 fully saturated rings. The molecule has 0 saturated heterocycles. The van der Waals surface area contributed by atoms with Crippen LogP contribution < -0.4 is 5.32 Å². The smallest absolute Gasteiger partial charge is 0.221 e. The Bertz CT molecular complexity index is 511. The molecule has 0 aliphatic rings. The van der Waals surface area contributed by atoms with Crippen LogP contribution in [0, 0.1) is 0 Å². The molecule has 0 atom stereocenters. The van der Waals surface area contributed by atoms with E-state index < -0.39 is 0 Å². The van der Waals surface area contributed by atoms with Crippen LogP contribution in [0.15, 0.2) is 42.7 Å². The van der Waals surface area contributed by atoms with E-state index in [1.54, 1.807) is 10.9 Å². The number of halogens is 1. The van der Waals surface area contributed by atoms with Crippen LogP contribution in [-0.4, -0.2) is 21.6 Å². The Balaban J connectivity index is 2.11. The van der Waals surface area contributed by atoms with Gasteiger partial charge in [-0.2, -0.15) is 5.10 Å². The minimum absolute atomic E-state index is 0.0414. The topological polar surface area (TPSA) is 46.9 Å². The van der Waals surface area contributed by atoms with Crippen molar-refractivity contribution in [3.63, 3.8) is 0 Å². The van der Waals surface area contributed by atoms with Crippen molar-refractivity contribution in [1.82, 2.24) is 15.1 Å². The van der Waals surface area contributed by atoms with Gasteiger partial charge in [0.05, 0.1) is 5.69 Å². The van der Waals surface area contributed by atoms with E-state index >= 15 is 0 Å². The molecule has 1 aromatic carbocycles. The molecule has 5 heteroatoms. The molecule has 0 saturated carbocycles. The van der Waals surface area contributed by atoms with E-state index in [1.807, 2.05) is 36.5 Å². The maximum absolute atomic E-state index is 11.4. The highest BCUT2D eigenvalue weighted by Crippen LogP contribution is 2.13. The van der Waals surface area contributed by atoms with E-state index in [-0.39, 0.29) is 5.91 Å². The molecule has 1 N–H and O–H groups in total. The number of nitrogens with zero attached hydrogens (tertiary/aromatic N) is 2. The fourth-order valence-corrected chi connectivity index (χ4v) is 1.83. The lowest BCUT2D eigenvalue weighted by molar-refractivity contribution is -0.120. The summed E-state index contributed by atoms with van der Waals surface area (Å²) in [6.07, 6.45) is 3.94. The molecular formula is C13H14ClN3O. The van der Waals surface area contributed by atoms with Gasteiger partial charge < -0.3 is 5.32 Å². The van der Waals surface area contributed by atoms with Crippen LogP contribution in [0.3, 0.4) is 0 Å². The fraction of sp³-hybridized carbons (Fsp3) is 0.231. The minimum Gasteiger partial charge on any atom is -0.352 e. The summed E-state index contributed by atoms with van der Waals surface area (Å²) in [5.41, 5.74) is 1.98. The van der Waals surface area contributed by atoms with Crippen molar-refractivity contribution in [2.24, 2.45) is 0 Å². The predicted octanol–water partition coefficient (Wildman–Crippen LogP) is 2.12. The Kier molecular flexibility index (Phi) is 4.36. The van der Waals surface area contributed by atoms with Crippen LogP contribution in [0.1, 0.15) is 12.0 Å². The molecule has 2 rings (SSSR count). The molecule has 0 unspecified atom stereocenters. The van der Waals surface area contributed by atoms with Crippen LogP contribution in [-0.2, 0) is 11.3 Å². The van der Waals surface area contributed by atoms with Gasteiger partial charge in [0.15, 0.2) is 0 Å². The molecule has 0 aliphatic heterocycles. The van der Waals surface area contributed by atoms with Crippen molar-refractivity contribution in [1.29, 1.82) is 0 Å². The van der Waals surface area contributed by atoms with E-state index in [2.05, 4.69) is 10.4 Å². The van der Waals surface area contributed by atoms with Crippen LogP contribution in [0.2, 0.25) is 0 Å². The van der Waals surface area contributed by atoms with Gasteiger partial charge >= 0.3 is 0 Å². The molecule has 1 amide bonds. The summed E-state index contributed by atoms with van der Waals surface area (Å²) in [4.78, 5) is 11.4. The molecule has 18 heavy (non-hydrogen) atoms. The quantitative estimate of drug-likeness (QED) is 0.840. The lowest BCUT2D eigenvalue weighted by Gasteiger charge is -2.10. The van der Waals surface area contributed by atoms with Gasteiger partial charge in [-0.25, -0.2) is 4.68 Å². The first-order valence-corrected chi connectivity index (χ1v) is 6.25. The average molecular weight is 264 g/mol. The summed E-state index contributed by atoms with van der Waals surface area (Å²) in [6.45, 7) is 0.478. The van der Waals surface area contributed by atoms with Crippen molar-refractivity contribution in [3.8, 4) is 5.69 Å². The van der Waals surface area contributed by atoms with Gasteiger partial charge in [-0.05, 0) is 17.7 Å². The molecule has 1 heterocycles. The lowest BCUT2D eigenvalue weighted by atomic mass is 10.1. The number of hydrogen-bond donors (Lipinski definition) is 1. The first-order chi connectivity index (χ1) is 8.81. The number of nitrogens with one attached hydrogen (secondary N) is 1. The standard InChI is InChI=1S/C13H14ClN3O/c14-7-6-13(18)15-10-11-4-1-2-5-12(11)17-9-3-8-16-17/h1-5,8-9H,6-7,10H2,(H,15,18). The maximum atomic E-state index is 11.4. The average Bonchev–Trinajstić information content (AvgIpc) is 2.91. The highest BCUT2D eigenvalue weighted by atomic mass is 35.5. The summed E-state index contributed by atoms with van der Waals surface area (Å²) < 4.78 is 1.78. The van der Waals surface area contributed by atoms with Crippen LogP contribution >= 0.6 is 11.6 Å². The van der Waals surface area contributed by atoms with Crippen LogP contribution in [0.25, 0.3) is 5.69 Å². The molecular weight excluding hydrogens is 250 g/mol. The Hall–Kier alpha value is -1.81. The molecule has 4 nitrogen and oxygen atoms in total. The maximum Gasteiger partial charge on any atom is 0.221 e. The normalized spacial score (nSPS) is 10.3. The van der Waals surface area contributed by atoms with E-state index in [0.717, 1.165) is 11.3 Å². The van der Waals surface area contributed by atoms with Crippen molar-refractivity contribution >= 4 is 17.5 Å². The first kappa shape index (κ1) is 12.6. The third-order valence-electron chi connectivity index (χ3n) is 2.54. The Morgan fingerprint density at radius 1 is 1.33 bits per heavy atom. The van der Waals surface area contributed by atoms with Gasteiger partial charge in [0.2, 0.25) is 5.91 Å². The lowest BCUT2D eigenvalue weighted by Crippen LogP contribution is -2.23. The molecule has 0 radical (unpaired) electrons. The third kappa shape index (κ3) is 3.11. The molecule has 2 aromatic rings. The Labute approximate surface area is 111 Å². The van der Waals surface area contributed by atoms with Gasteiger partial charge in [0.1, 0.15) is 0 Å². The van der Waals surface area contributed by atoms with E-state index in [0.29, 0.717) is 18.8 Å². The van der Waals surface area contributed by atoms with Gasteiger partial charge in [0, 0.05) is 31.2 Å². The predicted molar refractivity (Wildman–Crippen MR) is 70.7 cm³/mol. The zero-order chi connectivity index (χ0) is 12.8. The largest absolute Gasteiger partial charge is 0.352 e. The van der Waals surface area contributed by atoms with Gasteiger partial charge in [-0.1, -0.05) is 18.2 Å². The summed E-state index contributed by atoms with van der Waals surface area (Å²) in [7, 11) is 0. The summed E-state index contributed by atoms with van der Waals surface area (Å²) in [6, 6.07) is 9.69. The molecule has 0 bridgehead atoms. The fourth-order valence-electron chi connectivity index (χ4n) is 1.66. The molecule has 0 aliphatic carbocycles. The number of aromatic nitrogens is 2. The second-order valence-electron chi connectivity index (χ2n) is 3.80. The number of hydrogen-bond acceptors (Lipinski definition) is 2. The van der Waals surface area contributed by atoms with Crippen molar-refractivity contribution in [3.05, 3.63) is 48.3 Å². The Morgan fingerprint density at radius 2 is 2.17 bits per heavy atom. The molecule has 0 spiro atoms. The number of carbonyl (C=O) groups excluding carboxylic acids is 1. The number of para-hydroxylation sites is 1. The number of carbonyl (C=O) groups is 1. The molecule has 1 aromatic heterocycles. The summed E-state index contributed by atoms with van der Waals surface area (Å²) in [5, 5.41) is 7.03. The van der Waals surface area contributed by atoms with Gasteiger partial charge in [-0.3, -0.25) is 4.79 Å². The number of alkyl halides is 1. The summed E-state index contributed by atoms with van der Waals surface area (Å²) in [5.74, 6) is 0.298. The van der Waals surface area contributed by atoms with Gasteiger partial charge in [0.25, 0.3) is 0 Å². The highest BCUT2D eigenvalue weighted by molar-refractivity contribution is 6.18. The first-order valence-electron chi connectivity index (χ1n) is 5.72. The summed E-state index contributed by atoms with van der Waals surface area (Å²) >= 11 is 5.52. The van der Waals surface area contributed by atoms with Gasteiger partial charge in [-0.15, -0.1) is 11.6 Å². The van der Waals surface area contributed by atoms with E-state index in [1.165, 1.54) is 0 Å². The zero-order valence-electron chi connectivity index (χ0n) is 9.84. The number of benzene rings is 1. The highest BCUT2D eigenvalue weighted by Gasteiger charge is 2.05. The van der Waals surface area contributed by atoms with E-state index in [9.17, 15) is 4.79 Å². The van der Waals surface area contributed by atoms with E-state index in [4.69, 9.17) is 11.6 Å². The minimum atomic E-state index is -0.0414. The number of amides is 1. The monoisotopic (exact) mass is 263 g/mol. The van der Waals surface area contributed by atoms with Crippen molar-refractivity contribution < 1.29 is 4.79 Å². The second kappa shape index (κ2) is 6.21. The van der Waals surface area contributed by atoms with Crippen molar-refractivity contribution in [2.45, 2.75) is 13.0 Å². The van der Waals surface area contributed by atoms with Crippen molar-refractivity contribution in [2.75, 3.05) is 5.88 Å². The van der Waals surface area contributed by atoms with Crippen LogP contribution in [0.5, 0.6) is 0 Å². The van der Waals surface area contributed by atoms with Crippen LogP contribution in [0.4, 0.5) is 0 Å². The molecule has 94 valence electrons. The Morgan fingerprint density at radius 3 is 2.89 bits per heavy atom. The SMILES string of the molecule is O=C(CCCl)NCc1ccccc1-n1cccn1. The number of rotatable bonds is 5. The third-order valence-corrected chi connectivity index (χ3v) is 2.73.